The van der Waals surface area contributed by atoms with Crippen molar-refractivity contribution in [1.82, 2.24) is 15.1 Å². The van der Waals surface area contributed by atoms with Gasteiger partial charge in [-0.25, -0.2) is 0 Å². The number of aryl methyl sites for hydroxylation is 2. The highest BCUT2D eigenvalue weighted by molar-refractivity contribution is 5.85. The number of hydrogen-bond donors (Lipinski definition) is 2. The quantitative estimate of drug-likeness (QED) is 0.826. The lowest BCUT2D eigenvalue weighted by Gasteiger charge is -2.30. The lowest BCUT2D eigenvalue weighted by atomic mass is 10.1. The Kier molecular flexibility index (Phi) is 4.77. The summed E-state index contributed by atoms with van der Waals surface area (Å²) in [6.07, 6.45) is 2.39. The number of nitrogens with two attached hydrogens (primary N) is 1. The van der Waals surface area contributed by atoms with E-state index in [0.717, 1.165) is 25.3 Å². The Morgan fingerprint density at radius 2 is 2.25 bits per heavy atom. The van der Waals surface area contributed by atoms with Gasteiger partial charge in [0.05, 0.1) is 5.69 Å². The molecule has 0 bridgehead atoms. The molecule has 1 aliphatic rings. The molecule has 0 aliphatic carbocycles. The van der Waals surface area contributed by atoms with Crippen molar-refractivity contribution >= 4 is 12.4 Å². The number of H-pyrrole nitrogens is 1. The van der Waals surface area contributed by atoms with Gasteiger partial charge in [0.15, 0.2) is 0 Å². The topological polar surface area (TPSA) is 57.9 Å². The van der Waals surface area contributed by atoms with E-state index in [4.69, 9.17) is 5.73 Å². The number of piperidine rings is 1. The predicted molar refractivity (Wildman–Crippen MR) is 67.8 cm³/mol. The number of hydrogen-bond acceptors (Lipinski definition) is 3. The van der Waals surface area contributed by atoms with Crippen molar-refractivity contribution in [2.45, 2.75) is 39.3 Å². The third kappa shape index (κ3) is 2.97. The Hall–Kier alpha value is -0.580. The van der Waals surface area contributed by atoms with Gasteiger partial charge in [-0.1, -0.05) is 0 Å². The molecule has 2 heterocycles. The Bertz CT molecular complexity index is 317. The predicted octanol–water partition coefficient (Wildman–Crippen LogP) is 1.37. The molecule has 1 atom stereocenters. The van der Waals surface area contributed by atoms with Gasteiger partial charge in [-0.3, -0.25) is 10.00 Å². The Balaban J connectivity index is 0.00000128. The number of rotatable bonds is 2. The van der Waals surface area contributed by atoms with Crippen molar-refractivity contribution in [1.29, 1.82) is 0 Å². The van der Waals surface area contributed by atoms with E-state index in [1.54, 1.807) is 0 Å². The van der Waals surface area contributed by atoms with E-state index in [2.05, 4.69) is 28.9 Å². The van der Waals surface area contributed by atoms with Crippen LogP contribution >= 0.6 is 12.4 Å². The summed E-state index contributed by atoms with van der Waals surface area (Å²) in [5.41, 5.74) is 9.61. The molecule has 1 aromatic heterocycles. The molecule has 0 aromatic carbocycles. The van der Waals surface area contributed by atoms with Crippen LogP contribution in [0.5, 0.6) is 0 Å². The second kappa shape index (κ2) is 5.66. The van der Waals surface area contributed by atoms with E-state index in [0.29, 0.717) is 6.04 Å². The lowest BCUT2D eigenvalue weighted by molar-refractivity contribution is 0.201. The van der Waals surface area contributed by atoms with Crippen LogP contribution in [0.4, 0.5) is 0 Å². The van der Waals surface area contributed by atoms with Gasteiger partial charge in [0.2, 0.25) is 0 Å². The minimum Gasteiger partial charge on any atom is -0.327 e. The average molecular weight is 245 g/mol. The number of halogens is 1. The summed E-state index contributed by atoms with van der Waals surface area (Å²) in [5, 5.41) is 7.25. The molecule has 1 saturated heterocycles. The fourth-order valence-electron chi connectivity index (χ4n) is 2.27. The molecule has 4 nitrogen and oxygen atoms in total. The molecule has 3 N–H and O–H groups in total. The first kappa shape index (κ1) is 13.5. The summed E-state index contributed by atoms with van der Waals surface area (Å²) in [6, 6.07) is 0.353. The first-order chi connectivity index (χ1) is 7.16. The van der Waals surface area contributed by atoms with Crippen LogP contribution in [0.3, 0.4) is 0 Å². The second-order valence-corrected chi connectivity index (χ2v) is 4.55. The molecule has 1 aliphatic heterocycles. The summed E-state index contributed by atoms with van der Waals surface area (Å²) < 4.78 is 0. The fourth-order valence-corrected chi connectivity index (χ4v) is 2.27. The molecule has 2 rings (SSSR count). The number of aromatic amines is 1. The zero-order chi connectivity index (χ0) is 10.8. The first-order valence-corrected chi connectivity index (χ1v) is 5.65. The molecule has 0 unspecified atom stereocenters. The van der Waals surface area contributed by atoms with Gasteiger partial charge in [-0.15, -0.1) is 12.4 Å². The number of nitrogens with one attached hydrogen (secondary N) is 1. The first-order valence-electron chi connectivity index (χ1n) is 5.65. The minimum absolute atomic E-state index is 0. The van der Waals surface area contributed by atoms with E-state index in [-0.39, 0.29) is 12.4 Å². The molecular weight excluding hydrogens is 224 g/mol. The van der Waals surface area contributed by atoms with Crippen molar-refractivity contribution in [3.05, 3.63) is 17.0 Å². The van der Waals surface area contributed by atoms with Crippen LogP contribution in [-0.2, 0) is 6.54 Å². The SMILES string of the molecule is Cc1n[nH]c(C)c1CN1CCC[C@@H](N)C1.Cl. The number of aromatic nitrogens is 2. The summed E-state index contributed by atoms with van der Waals surface area (Å²) >= 11 is 0. The maximum Gasteiger partial charge on any atom is 0.0639 e. The zero-order valence-corrected chi connectivity index (χ0v) is 10.8. The maximum absolute atomic E-state index is 5.97. The van der Waals surface area contributed by atoms with Crippen LogP contribution in [0, 0.1) is 13.8 Å². The smallest absolute Gasteiger partial charge is 0.0639 e. The van der Waals surface area contributed by atoms with Gasteiger partial charge >= 0.3 is 0 Å². The van der Waals surface area contributed by atoms with Gasteiger partial charge in [0, 0.05) is 30.4 Å². The van der Waals surface area contributed by atoms with Gasteiger partial charge in [0.25, 0.3) is 0 Å². The molecule has 0 amide bonds. The molecule has 1 fully saturated rings. The fraction of sp³-hybridized carbons (Fsp3) is 0.727. The largest absolute Gasteiger partial charge is 0.327 e. The monoisotopic (exact) mass is 244 g/mol. The Morgan fingerprint density at radius 3 is 2.81 bits per heavy atom. The van der Waals surface area contributed by atoms with Crippen LogP contribution in [0.2, 0.25) is 0 Å². The third-order valence-corrected chi connectivity index (χ3v) is 3.20. The van der Waals surface area contributed by atoms with Gasteiger partial charge in [-0.05, 0) is 33.2 Å². The van der Waals surface area contributed by atoms with Crippen molar-refractivity contribution in [2.24, 2.45) is 5.73 Å². The van der Waals surface area contributed by atoms with E-state index in [1.165, 1.54) is 24.1 Å². The maximum atomic E-state index is 5.97. The highest BCUT2D eigenvalue weighted by Crippen LogP contribution is 2.16. The molecule has 0 saturated carbocycles. The summed E-state index contributed by atoms with van der Waals surface area (Å²) in [6.45, 7) is 7.31. The molecule has 0 spiro atoms. The van der Waals surface area contributed by atoms with Crippen LogP contribution in [0.15, 0.2) is 0 Å². The van der Waals surface area contributed by atoms with Crippen molar-refractivity contribution < 1.29 is 0 Å². The summed E-state index contributed by atoms with van der Waals surface area (Å²) in [4.78, 5) is 2.43. The molecule has 92 valence electrons. The highest BCUT2D eigenvalue weighted by Gasteiger charge is 2.18. The molecule has 0 radical (unpaired) electrons. The zero-order valence-electron chi connectivity index (χ0n) is 9.99. The van der Waals surface area contributed by atoms with Crippen LogP contribution in [0.25, 0.3) is 0 Å². The van der Waals surface area contributed by atoms with Crippen molar-refractivity contribution in [3.63, 3.8) is 0 Å². The Morgan fingerprint density at radius 1 is 1.50 bits per heavy atom. The third-order valence-electron chi connectivity index (χ3n) is 3.20. The van der Waals surface area contributed by atoms with Crippen LogP contribution < -0.4 is 5.73 Å². The number of likely N-dealkylation sites (tertiary alicyclic amines) is 1. The lowest BCUT2D eigenvalue weighted by Crippen LogP contribution is -2.42. The van der Waals surface area contributed by atoms with E-state index in [1.807, 2.05) is 0 Å². The number of nitrogens with zero attached hydrogens (tertiary/aromatic N) is 2. The van der Waals surface area contributed by atoms with E-state index >= 15 is 0 Å². The van der Waals surface area contributed by atoms with Gasteiger partial charge in [-0.2, -0.15) is 5.10 Å². The second-order valence-electron chi connectivity index (χ2n) is 4.55. The molecular formula is C11H21ClN4. The molecule has 1 aromatic rings. The van der Waals surface area contributed by atoms with Gasteiger partial charge < -0.3 is 5.73 Å². The van der Waals surface area contributed by atoms with Gasteiger partial charge in [0.1, 0.15) is 0 Å². The summed E-state index contributed by atoms with van der Waals surface area (Å²) in [5.74, 6) is 0. The van der Waals surface area contributed by atoms with E-state index in [9.17, 15) is 0 Å². The van der Waals surface area contributed by atoms with E-state index < -0.39 is 0 Å². The summed E-state index contributed by atoms with van der Waals surface area (Å²) in [7, 11) is 0. The standard InChI is InChI=1S/C11H20N4.ClH/c1-8-11(9(2)14-13-8)7-15-5-3-4-10(12)6-15;/h10H,3-7,12H2,1-2H3,(H,13,14);1H/t10-;/m1./s1. The minimum atomic E-state index is 0. The average Bonchev–Trinajstić information content (AvgIpc) is 2.50. The normalized spacial score (nSPS) is 21.8. The molecule has 16 heavy (non-hydrogen) atoms. The Labute approximate surface area is 103 Å². The van der Waals surface area contributed by atoms with Crippen LogP contribution in [-0.4, -0.2) is 34.2 Å². The van der Waals surface area contributed by atoms with Crippen LogP contribution in [0.1, 0.15) is 29.8 Å². The van der Waals surface area contributed by atoms with Crippen molar-refractivity contribution in [2.75, 3.05) is 13.1 Å². The highest BCUT2D eigenvalue weighted by atomic mass is 35.5. The van der Waals surface area contributed by atoms with Crippen molar-refractivity contribution in [3.8, 4) is 0 Å². The molecule has 5 heteroatoms.